The molecule has 2 rings (SSSR count). The number of carbonyl (C=O) groups is 2. The zero-order valence-corrected chi connectivity index (χ0v) is 13.1. The van der Waals surface area contributed by atoms with Crippen LogP contribution in [0, 0.1) is 5.82 Å². The second-order valence-electron chi connectivity index (χ2n) is 4.52. The monoisotopic (exact) mass is 334 g/mol. The third-order valence-electron chi connectivity index (χ3n) is 2.76. The van der Waals surface area contributed by atoms with Gasteiger partial charge in [-0.1, -0.05) is 18.2 Å². The van der Waals surface area contributed by atoms with Crippen molar-refractivity contribution in [2.24, 2.45) is 0 Å². The summed E-state index contributed by atoms with van der Waals surface area (Å²) in [6.07, 6.45) is 1.97. The van der Waals surface area contributed by atoms with Crippen LogP contribution in [0.4, 0.5) is 4.39 Å². The maximum Gasteiger partial charge on any atom is 0.279 e. The molecule has 2 aromatic rings. The molecular weight excluding hydrogens is 319 g/mol. The summed E-state index contributed by atoms with van der Waals surface area (Å²) in [4.78, 5) is 24.3. The molecule has 1 heterocycles. The third-order valence-corrected chi connectivity index (χ3v) is 3.60. The molecule has 0 radical (unpaired) electrons. The van der Waals surface area contributed by atoms with Gasteiger partial charge in [-0.2, -0.15) is 0 Å². The van der Waals surface area contributed by atoms with Crippen molar-refractivity contribution in [2.75, 3.05) is 0 Å². The van der Waals surface area contributed by atoms with Gasteiger partial charge in [0.1, 0.15) is 0 Å². The first-order chi connectivity index (χ1) is 11.1. The molecule has 0 aliphatic rings. The van der Waals surface area contributed by atoms with E-state index in [1.54, 1.807) is 12.1 Å². The quantitative estimate of drug-likeness (QED) is 0.652. The molecule has 0 aliphatic heterocycles. The zero-order chi connectivity index (χ0) is 16.7. The molecule has 0 aliphatic carbocycles. The Morgan fingerprint density at radius 2 is 2.00 bits per heavy atom. The van der Waals surface area contributed by atoms with E-state index in [9.17, 15) is 14.0 Å². The van der Waals surface area contributed by atoms with Crippen molar-refractivity contribution in [1.82, 2.24) is 10.9 Å². The second kappa shape index (κ2) is 8.09. The predicted octanol–water partition coefficient (Wildman–Crippen LogP) is 2.52. The van der Waals surface area contributed by atoms with E-state index in [0.29, 0.717) is 0 Å². The van der Waals surface area contributed by atoms with Crippen LogP contribution in [0.15, 0.2) is 47.9 Å². The Kier molecular flexibility index (Phi) is 5.87. The lowest BCUT2D eigenvalue weighted by atomic mass is 10.3. The van der Waals surface area contributed by atoms with Gasteiger partial charge in [-0.25, -0.2) is 4.39 Å². The highest BCUT2D eigenvalue weighted by molar-refractivity contribution is 7.10. The van der Waals surface area contributed by atoms with Gasteiger partial charge < -0.3 is 4.74 Å². The summed E-state index contributed by atoms with van der Waals surface area (Å²) in [6.45, 7) is 1.45. The number of thiophene rings is 1. The van der Waals surface area contributed by atoms with E-state index in [0.717, 1.165) is 4.88 Å². The predicted molar refractivity (Wildman–Crippen MR) is 86.1 cm³/mol. The molecule has 0 spiro atoms. The lowest BCUT2D eigenvalue weighted by Crippen LogP contribution is -2.46. The minimum Gasteiger partial charge on any atom is -0.478 e. The van der Waals surface area contributed by atoms with E-state index in [4.69, 9.17) is 4.74 Å². The van der Waals surface area contributed by atoms with Crippen LogP contribution >= 0.6 is 11.3 Å². The summed E-state index contributed by atoms with van der Waals surface area (Å²) >= 11 is 1.49. The first-order valence-electron chi connectivity index (χ1n) is 6.79. The van der Waals surface area contributed by atoms with Crippen molar-refractivity contribution < 1.29 is 18.7 Å². The topological polar surface area (TPSA) is 67.4 Å². The number of nitrogens with one attached hydrogen (secondary N) is 2. The van der Waals surface area contributed by atoms with Crippen LogP contribution in [0.1, 0.15) is 11.8 Å². The summed E-state index contributed by atoms with van der Waals surface area (Å²) in [7, 11) is 0. The zero-order valence-electron chi connectivity index (χ0n) is 12.3. The molecule has 1 aromatic heterocycles. The highest BCUT2D eigenvalue weighted by atomic mass is 32.1. The Bertz CT molecular complexity index is 701. The van der Waals surface area contributed by atoms with Gasteiger partial charge in [0.25, 0.3) is 11.8 Å². The first-order valence-corrected chi connectivity index (χ1v) is 7.67. The van der Waals surface area contributed by atoms with Gasteiger partial charge in [0.15, 0.2) is 17.7 Å². The fourth-order valence-corrected chi connectivity index (χ4v) is 2.21. The molecule has 2 amide bonds. The molecule has 2 N–H and O–H groups in total. The minimum atomic E-state index is -0.964. The first kappa shape index (κ1) is 16.7. The number of benzene rings is 1. The highest BCUT2D eigenvalue weighted by Crippen LogP contribution is 2.16. The van der Waals surface area contributed by atoms with E-state index >= 15 is 0 Å². The highest BCUT2D eigenvalue weighted by Gasteiger charge is 2.16. The Morgan fingerprint density at radius 1 is 1.22 bits per heavy atom. The SMILES string of the molecule is CC(Oc1ccccc1F)C(=O)NNC(=O)C=Cc1cccs1. The van der Waals surface area contributed by atoms with Crippen LogP contribution in [0.3, 0.4) is 0 Å². The molecule has 1 unspecified atom stereocenters. The molecule has 23 heavy (non-hydrogen) atoms. The number of para-hydroxylation sites is 1. The number of ether oxygens (including phenoxy) is 1. The molecule has 0 fully saturated rings. The van der Waals surface area contributed by atoms with Crippen LogP contribution in [-0.2, 0) is 9.59 Å². The van der Waals surface area contributed by atoms with Gasteiger partial charge in [-0.3, -0.25) is 20.4 Å². The van der Waals surface area contributed by atoms with Crippen LogP contribution in [0.5, 0.6) is 5.75 Å². The number of carbonyl (C=O) groups excluding carboxylic acids is 2. The van der Waals surface area contributed by atoms with Crippen molar-refractivity contribution in [3.05, 3.63) is 58.5 Å². The summed E-state index contributed by atoms with van der Waals surface area (Å²) in [6, 6.07) is 9.49. The molecule has 1 atom stereocenters. The summed E-state index contributed by atoms with van der Waals surface area (Å²) in [5.41, 5.74) is 4.45. The number of hydrogen-bond donors (Lipinski definition) is 2. The second-order valence-corrected chi connectivity index (χ2v) is 5.50. The van der Waals surface area contributed by atoms with E-state index in [2.05, 4.69) is 10.9 Å². The van der Waals surface area contributed by atoms with E-state index in [-0.39, 0.29) is 5.75 Å². The molecule has 0 bridgehead atoms. The standard InChI is InChI=1S/C16H15FN2O3S/c1-11(22-14-7-3-2-6-13(14)17)16(21)19-18-15(20)9-8-12-5-4-10-23-12/h2-11H,1H3,(H,18,20)(H,19,21). The van der Waals surface area contributed by atoms with Crippen molar-refractivity contribution >= 4 is 29.2 Å². The Balaban J connectivity index is 1.79. The summed E-state index contributed by atoms with van der Waals surface area (Å²) < 4.78 is 18.6. The largest absolute Gasteiger partial charge is 0.478 e. The fourth-order valence-electron chi connectivity index (χ4n) is 1.59. The minimum absolute atomic E-state index is 0.0286. The Morgan fingerprint density at radius 3 is 2.70 bits per heavy atom. The van der Waals surface area contributed by atoms with Gasteiger partial charge in [0.05, 0.1) is 0 Å². The maximum atomic E-state index is 13.4. The summed E-state index contributed by atoms with van der Waals surface area (Å²) in [5.74, 6) is -1.66. The van der Waals surface area contributed by atoms with E-state index in [1.807, 2.05) is 17.5 Å². The van der Waals surface area contributed by atoms with Crippen molar-refractivity contribution in [1.29, 1.82) is 0 Å². The fraction of sp³-hybridized carbons (Fsp3) is 0.125. The van der Waals surface area contributed by atoms with Crippen molar-refractivity contribution in [3.8, 4) is 5.75 Å². The van der Waals surface area contributed by atoms with Crippen molar-refractivity contribution in [2.45, 2.75) is 13.0 Å². The molecule has 1 aromatic carbocycles. The molecular formula is C16H15FN2O3S. The van der Waals surface area contributed by atoms with Crippen LogP contribution in [-0.4, -0.2) is 17.9 Å². The smallest absolute Gasteiger partial charge is 0.279 e. The maximum absolute atomic E-state index is 13.4. The Hall–Kier alpha value is -2.67. The van der Waals surface area contributed by atoms with E-state index < -0.39 is 23.7 Å². The molecule has 120 valence electrons. The van der Waals surface area contributed by atoms with Crippen LogP contribution in [0.2, 0.25) is 0 Å². The number of amides is 2. The van der Waals surface area contributed by atoms with Crippen molar-refractivity contribution in [3.63, 3.8) is 0 Å². The van der Waals surface area contributed by atoms with Gasteiger partial charge >= 0.3 is 0 Å². The number of hydrazine groups is 1. The lowest BCUT2D eigenvalue weighted by Gasteiger charge is -2.15. The number of rotatable bonds is 5. The van der Waals surface area contributed by atoms with Gasteiger partial charge in [-0.15, -0.1) is 11.3 Å². The van der Waals surface area contributed by atoms with Gasteiger partial charge in [0.2, 0.25) is 0 Å². The van der Waals surface area contributed by atoms with Crippen LogP contribution in [0.25, 0.3) is 6.08 Å². The number of hydrogen-bond acceptors (Lipinski definition) is 4. The van der Waals surface area contributed by atoms with Gasteiger partial charge in [-0.05, 0) is 36.6 Å². The summed E-state index contributed by atoms with van der Waals surface area (Å²) in [5, 5.41) is 1.89. The lowest BCUT2D eigenvalue weighted by molar-refractivity contribution is -0.131. The molecule has 7 heteroatoms. The number of halogens is 1. The molecule has 5 nitrogen and oxygen atoms in total. The molecule has 0 saturated carbocycles. The van der Waals surface area contributed by atoms with Gasteiger partial charge in [0, 0.05) is 11.0 Å². The van der Waals surface area contributed by atoms with E-state index in [1.165, 1.54) is 42.5 Å². The van der Waals surface area contributed by atoms with Crippen LogP contribution < -0.4 is 15.6 Å². The molecule has 0 saturated heterocycles. The Labute approximate surface area is 136 Å². The average Bonchev–Trinajstić information content (AvgIpc) is 3.06. The normalized spacial score (nSPS) is 11.9. The third kappa shape index (κ3) is 5.23. The average molecular weight is 334 g/mol.